The zero-order valence-corrected chi connectivity index (χ0v) is 6.82. The highest BCUT2D eigenvalue weighted by atomic mass is 19.1. The van der Waals surface area contributed by atoms with Gasteiger partial charge in [0.15, 0.2) is 0 Å². The van der Waals surface area contributed by atoms with Crippen LogP contribution in [0.4, 0.5) is 4.39 Å². The third-order valence-electron chi connectivity index (χ3n) is 1.58. The number of hydrogen-bond donors (Lipinski definition) is 0. The number of allylic oxidation sites excluding steroid dienone is 1. The molecule has 0 aromatic heterocycles. The van der Waals surface area contributed by atoms with Crippen LogP contribution in [0.1, 0.15) is 18.1 Å². The van der Waals surface area contributed by atoms with Gasteiger partial charge in [-0.05, 0) is 31.6 Å². The molecule has 0 unspecified atom stereocenters. The van der Waals surface area contributed by atoms with Gasteiger partial charge in [0.1, 0.15) is 5.82 Å². The van der Waals surface area contributed by atoms with Crippen molar-refractivity contribution < 1.29 is 4.39 Å². The first-order valence-electron chi connectivity index (χ1n) is 3.53. The Morgan fingerprint density at radius 3 is 2.55 bits per heavy atom. The fourth-order valence-electron chi connectivity index (χ4n) is 0.966. The van der Waals surface area contributed by atoms with Gasteiger partial charge in [-0.2, -0.15) is 0 Å². The Balaban J connectivity index is 3.23. The van der Waals surface area contributed by atoms with Gasteiger partial charge in [0, 0.05) is 5.56 Å². The van der Waals surface area contributed by atoms with Crippen LogP contribution in [0.15, 0.2) is 24.8 Å². The maximum absolute atomic E-state index is 13.0. The maximum Gasteiger partial charge on any atom is 0.130 e. The van der Waals surface area contributed by atoms with Crippen LogP contribution < -0.4 is 0 Å². The summed E-state index contributed by atoms with van der Waals surface area (Å²) in [5, 5.41) is 0. The number of halogens is 1. The molecule has 0 saturated carbocycles. The average molecular weight is 150 g/mol. The van der Waals surface area contributed by atoms with Gasteiger partial charge in [0.25, 0.3) is 0 Å². The summed E-state index contributed by atoms with van der Waals surface area (Å²) < 4.78 is 13.0. The summed E-state index contributed by atoms with van der Waals surface area (Å²) in [5.41, 5.74) is 2.45. The van der Waals surface area contributed by atoms with Crippen LogP contribution in [-0.4, -0.2) is 0 Å². The van der Waals surface area contributed by atoms with Gasteiger partial charge >= 0.3 is 0 Å². The van der Waals surface area contributed by atoms with Crippen molar-refractivity contribution in [2.24, 2.45) is 0 Å². The topological polar surface area (TPSA) is 0 Å². The molecule has 0 aliphatic heterocycles. The zero-order chi connectivity index (χ0) is 8.43. The van der Waals surface area contributed by atoms with E-state index in [1.165, 1.54) is 6.07 Å². The van der Waals surface area contributed by atoms with Gasteiger partial charge in [0.2, 0.25) is 0 Å². The molecule has 0 radical (unpaired) electrons. The molecule has 1 rings (SSSR count). The smallest absolute Gasteiger partial charge is 0.130 e. The van der Waals surface area contributed by atoms with Crippen LogP contribution in [0.2, 0.25) is 0 Å². The first-order valence-corrected chi connectivity index (χ1v) is 3.53. The molecule has 58 valence electrons. The summed E-state index contributed by atoms with van der Waals surface area (Å²) in [5.74, 6) is -0.192. The molecule has 1 aromatic rings. The molecule has 1 heteroatoms. The molecule has 0 fully saturated rings. The Morgan fingerprint density at radius 1 is 1.45 bits per heavy atom. The highest BCUT2D eigenvalue weighted by molar-refractivity contribution is 5.62. The molecular formula is C10H11F. The van der Waals surface area contributed by atoms with Gasteiger partial charge in [0.05, 0.1) is 0 Å². The minimum atomic E-state index is -0.192. The van der Waals surface area contributed by atoms with E-state index < -0.39 is 0 Å². The second-order valence-corrected chi connectivity index (χ2v) is 2.76. The number of aryl methyl sites for hydroxylation is 1. The van der Waals surface area contributed by atoms with Crippen molar-refractivity contribution in [2.75, 3.05) is 0 Å². The van der Waals surface area contributed by atoms with Crippen molar-refractivity contribution >= 4 is 5.57 Å². The van der Waals surface area contributed by atoms with Crippen molar-refractivity contribution in [1.82, 2.24) is 0 Å². The Morgan fingerprint density at radius 2 is 2.09 bits per heavy atom. The highest BCUT2D eigenvalue weighted by Gasteiger charge is 2.00. The predicted molar refractivity (Wildman–Crippen MR) is 45.8 cm³/mol. The van der Waals surface area contributed by atoms with Crippen molar-refractivity contribution in [3.63, 3.8) is 0 Å². The number of benzene rings is 1. The normalized spacial score (nSPS) is 9.73. The molecule has 0 spiro atoms. The Labute approximate surface area is 66.4 Å². The van der Waals surface area contributed by atoms with Gasteiger partial charge < -0.3 is 0 Å². The van der Waals surface area contributed by atoms with E-state index >= 15 is 0 Å². The summed E-state index contributed by atoms with van der Waals surface area (Å²) in [6.07, 6.45) is 0. The van der Waals surface area contributed by atoms with Crippen LogP contribution in [0.3, 0.4) is 0 Å². The van der Waals surface area contributed by atoms with Crippen molar-refractivity contribution in [2.45, 2.75) is 13.8 Å². The molecule has 0 aliphatic rings. The number of hydrogen-bond acceptors (Lipinski definition) is 0. The second-order valence-electron chi connectivity index (χ2n) is 2.76. The molecule has 1 aromatic carbocycles. The fourth-order valence-corrected chi connectivity index (χ4v) is 0.966. The monoisotopic (exact) mass is 150 g/mol. The summed E-state index contributed by atoms with van der Waals surface area (Å²) in [7, 11) is 0. The molecule has 0 heterocycles. The first-order chi connectivity index (χ1) is 5.11. The van der Waals surface area contributed by atoms with E-state index in [-0.39, 0.29) is 5.82 Å². The summed E-state index contributed by atoms with van der Waals surface area (Å²) in [6, 6.07) is 5.03. The van der Waals surface area contributed by atoms with E-state index in [0.717, 1.165) is 11.1 Å². The lowest BCUT2D eigenvalue weighted by molar-refractivity contribution is 0.623. The van der Waals surface area contributed by atoms with Gasteiger partial charge in [-0.15, -0.1) is 0 Å². The lowest BCUT2D eigenvalue weighted by atomic mass is 10.1. The molecule has 0 atom stereocenters. The van der Waals surface area contributed by atoms with Crippen molar-refractivity contribution in [3.05, 3.63) is 41.7 Å². The van der Waals surface area contributed by atoms with Crippen LogP contribution in [0.25, 0.3) is 5.57 Å². The largest absolute Gasteiger partial charge is 0.206 e. The Hall–Kier alpha value is -1.11. The Kier molecular flexibility index (Phi) is 2.08. The molecule has 0 saturated heterocycles. The molecule has 11 heavy (non-hydrogen) atoms. The van der Waals surface area contributed by atoms with Gasteiger partial charge in [-0.3, -0.25) is 0 Å². The summed E-state index contributed by atoms with van der Waals surface area (Å²) >= 11 is 0. The quantitative estimate of drug-likeness (QED) is 0.576. The van der Waals surface area contributed by atoms with E-state index in [2.05, 4.69) is 6.58 Å². The average Bonchev–Trinajstić information content (AvgIpc) is 1.94. The van der Waals surface area contributed by atoms with E-state index in [4.69, 9.17) is 0 Å². The molecule has 0 amide bonds. The summed E-state index contributed by atoms with van der Waals surface area (Å²) in [4.78, 5) is 0. The number of rotatable bonds is 1. The van der Waals surface area contributed by atoms with Crippen LogP contribution >= 0.6 is 0 Å². The second kappa shape index (κ2) is 2.87. The molecule has 0 nitrogen and oxygen atoms in total. The maximum atomic E-state index is 13.0. The summed E-state index contributed by atoms with van der Waals surface area (Å²) in [6.45, 7) is 7.43. The minimum Gasteiger partial charge on any atom is -0.206 e. The lowest BCUT2D eigenvalue weighted by Gasteiger charge is -2.02. The fraction of sp³-hybridized carbons (Fsp3) is 0.200. The highest BCUT2D eigenvalue weighted by Crippen LogP contribution is 2.16. The van der Waals surface area contributed by atoms with Crippen molar-refractivity contribution in [1.29, 1.82) is 0 Å². The van der Waals surface area contributed by atoms with Gasteiger partial charge in [-0.25, -0.2) is 4.39 Å². The third kappa shape index (κ3) is 1.67. The zero-order valence-electron chi connectivity index (χ0n) is 6.82. The van der Waals surface area contributed by atoms with E-state index in [1.807, 2.05) is 6.92 Å². The SMILES string of the molecule is C=C(C)c1cc(C)ccc1F. The lowest BCUT2D eigenvalue weighted by Crippen LogP contribution is -1.86. The molecule has 0 aliphatic carbocycles. The third-order valence-corrected chi connectivity index (χ3v) is 1.58. The molecule has 0 bridgehead atoms. The van der Waals surface area contributed by atoms with E-state index in [0.29, 0.717) is 5.56 Å². The van der Waals surface area contributed by atoms with Crippen LogP contribution in [-0.2, 0) is 0 Å². The minimum absolute atomic E-state index is 0.192. The molecular weight excluding hydrogens is 139 g/mol. The van der Waals surface area contributed by atoms with Crippen LogP contribution in [0.5, 0.6) is 0 Å². The van der Waals surface area contributed by atoms with E-state index in [9.17, 15) is 4.39 Å². The van der Waals surface area contributed by atoms with Gasteiger partial charge in [-0.1, -0.05) is 18.2 Å². The van der Waals surface area contributed by atoms with Crippen LogP contribution in [0, 0.1) is 12.7 Å². The Bertz CT molecular complexity index is 287. The standard InChI is InChI=1S/C10H11F/c1-7(2)9-6-8(3)4-5-10(9)11/h4-6H,1H2,2-3H3. The van der Waals surface area contributed by atoms with Crippen molar-refractivity contribution in [3.8, 4) is 0 Å². The molecule has 0 N–H and O–H groups in total. The predicted octanol–water partition coefficient (Wildman–Crippen LogP) is 3.17. The van der Waals surface area contributed by atoms with E-state index in [1.54, 1.807) is 19.1 Å². The first kappa shape index (κ1) is 7.99.